The largest absolute Gasteiger partial charge is 0.465 e. The molecule has 0 bridgehead atoms. The van der Waals surface area contributed by atoms with Crippen LogP contribution >= 0.6 is 0 Å². The standard InChI is InChI=1S/C10H21NO4S/c1-4-15-9(12)7-16(13,14)6-5-10(2,3)8-11/h4-8,11H2,1-3H3. The Morgan fingerprint density at radius 3 is 2.38 bits per heavy atom. The third-order valence-corrected chi connectivity index (χ3v) is 3.79. The van der Waals surface area contributed by atoms with Crippen molar-refractivity contribution in [1.82, 2.24) is 0 Å². The summed E-state index contributed by atoms with van der Waals surface area (Å²) in [7, 11) is -3.38. The molecular formula is C10H21NO4S. The molecule has 0 atom stereocenters. The molecule has 0 saturated heterocycles. The molecule has 0 aliphatic carbocycles. The van der Waals surface area contributed by atoms with Gasteiger partial charge in [-0.3, -0.25) is 4.79 Å². The van der Waals surface area contributed by atoms with Crippen LogP contribution in [0.4, 0.5) is 0 Å². The Morgan fingerprint density at radius 2 is 1.94 bits per heavy atom. The molecule has 0 rings (SSSR count). The molecule has 0 aromatic heterocycles. The van der Waals surface area contributed by atoms with Crippen molar-refractivity contribution in [3.8, 4) is 0 Å². The summed E-state index contributed by atoms with van der Waals surface area (Å²) in [6.07, 6.45) is 0.450. The Kier molecular flexibility index (Phi) is 5.96. The molecule has 16 heavy (non-hydrogen) atoms. The molecule has 2 N–H and O–H groups in total. The molecule has 0 aliphatic heterocycles. The van der Waals surface area contributed by atoms with Gasteiger partial charge in [0.25, 0.3) is 0 Å². The van der Waals surface area contributed by atoms with Crippen LogP contribution in [0.1, 0.15) is 27.2 Å². The Balaban J connectivity index is 4.21. The number of esters is 1. The Bertz CT molecular complexity index is 322. The molecule has 0 spiro atoms. The van der Waals surface area contributed by atoms with Gasteiger partial charge in [-0.25, -0.2) is 8.42 Å². The first-order valence-corrected chi connectivity index (χ1v) is 7.10. The van der Waals surface area contributed by atoms with Crippen LogP contribution < -0.4 is 5.73 Å². The first-order valence-electron chi connectivity index (χ1n) is 5.28. The number of nitrogens with two attached hydrogens (primary N) is 1. The molecule has 6 heteroatoms. The van der Waals surface area contributed by atoms with Crippen molar-refractivity contribution in [1.29, 1.82) is 0 Å². The lowest BCUT2D eigenvalue weighted by molar-refractivity contribution is -0.139. The van der Waals surface area contributed by atoms with Crippen molar-refractivity contribution < 1.29 is 17.9 Å². The van der Waals surface area contributed by atoms with E-state index in [1.807, 2.05) is 13.8 Å². The third-order valence-electron chi connectivity index (χ3n) is 2.29. The van der Waals surface area contributed by atoms with E-state index in [1.54, 1.807) is 6.92 Å². The fourth-order valence-corrected chi connectivity index (χ4v) is 2.44. The van der Waals surface area contributed by atoms with Crippen molar-refractivity contribution in [2.45, 2.75) is 27.2 Å². The van der Waals surface area contributed by atoms with E-state index < -0.39 is 21.6 Å². The minimum absolute atomic E-state index is 0.0317. The summed E-state index contributed by atoms with van der Waals surface area (Å²) in [6.45, 7) is 6.05. The van der Waals surface area contributed by atoms with Gasteiger partial charge in [0.05, 0.1) is 12.4 Å². The summed E-state index contributed by atoms with van der Waals surface area (Å²) >= 11 is 0. The van der Waals surface area contributed by atoms with Gasteiger partial charge < -0.3 is 10.5 Å². The molecule has 0 aliphatic rings. The summed E-state index contributed by atoms with van der Waals surface area (Å²) in [5.74, 6) is -1.26. The van der Waals surface area contributed by atoms with Gasteiger partial charge in [-0.1, -0.05) is 13.8 Å². The third kappa shape index (κ3) is 6.79. The van der Waals surface area contributed by atoms with E-state index in [-0.39, 0.29) is 17.8 Å². The minimum Gasteiger partial charge on any atom is -0.465 e. The van der Waals surface area contributed by atoms with E-state index in [0.717, 1.165) is 0 Å². The van der Waals surface area contributed by atoms with E-state index >= 15 is 0 Å². The van der Waals surface area contributed by atoms with E-state index in [1.165, 1.54) is 0 Å². The molecule has 5 nitrogen and oxygen atoms in total. The van der Waals surface area contributed by atoms with Gasteiger partial charge in [0.1, 0.15) is 5.75 Å². The van der Waals surface area contributed by atoms with Crippen molar-refractivity contribution in [3.63, 3.8) is 0 Å². The lowest BCUT2D eigenvalue weighted by atomic mass is 9.91. The maximum Gasteiger partial charge on any atom is 0.321 e. The molecule has 0 aromatic carbocycles. The summed E-state index contributed by atoms with van der Waals surface area (Å²) in [6, 6.07) is 0. The number of ether oxygens (including phenoxy) is 1. The molecule has 0 amide bonds. The minimum atomic E-state index is -3.38. The van der Waals surface area contributed by atoms with Crippen LogP contribution in [0.25, 0.3) is 0 Å². The fourth-order valence-electron chi connectivity index (χ4n) is 0.988. The number of hydrogen-bond acceptors (Lipinski definition) is 5. The van der Waals surface area contributed by atoms with Gasteiger partial charge >= 0.3 is 5.97 Å². The maximum atomic E-state index is 11.5. The monoisotopic (exact) mass is 251 g/mol. The first-order chi connectivity index (χ1) is 7.22. The second-order valence-electron chi connectivity index (χ2n) is 4.52. The fraction of sp³-hybridized carbons (Fsp3) is 0.900. The number of carbonyl (C=O) groups excluding carboxylic acids is 1. The zero-order chi connectivity index (χ0) is 12.8. The number of carbonyl (C=O) groups is 1. The van der Waals surface area contributed by atoms with Crippen LogP contribution in [0.2, 0.25) is 0 Å². The highest BCUT2D eigenvalue weighted by atomic mass is 32.2. The predicted molar refractivity (Wildman–Crippen MR) is 62.7 cm³/mol. The van der Waals surface area contributed by atoms with Crippen LogP contribution in [0, 0.1) is 5.41 Å². The summed E-state index contributed by atoms with van der Waals surface area (Å²) < 4.78 is 27.7. The van der Waals surface area contributed by atoms with Crippen molar-refractivity contribution in [2.24, 2.45) is 11.1 Å². The van der Waals surface area contributed by atoms with E-state index in [4.69, 9.17) is 5.73 Å². The lowest BCUT2D eigenvalue weighted by Crippen LogP contribution is -2.28. The lowest BCUT2D eigenvalue weighted by Gasteiger charge is -2.21. The van der Waals surface area contributed by atoms with Crippen LogP contribution in [0.5, 0.6) is 0 Å². The molecule has 0 aromatic rings. The molecular weight excluding hydrogens is 230 g/mol. The SMILES string of the molecule is CCOC(=O)CS(=O)(=O)CCC(C)(C)CN. The average Bonchev–Trinajstić information content (AvgIpc) is 2.15. The van der Waals surface area contributed by atoms with Gasteiger partial charge in [0.2, 0.25) is 0 Å². The molecule has 0 heterocycles. The number of rotatable bonds is 7. The molecule has 0 saturated carbocycles. The van der Waals surface area contributed by atoms with Crippen molar-refractivity contribution in [2.75, 3.05) is 24.7 Å². The Hall–Kier alpha value is -0.620. The van der Waals surface area contributed by atoms with E-state index in [2.05, 4.69) is 4.74 Å². The molecule has 0 fully saturated rings. The smallest absolute Gasteiger partial charge is 0.321 e. The van der Waals surface area contributed by atoms with E-state index in [9.17, 15) is 13.2 Å². The Labute approximate surface area is 97.3 Å². The van der Waals surface area contributed by atoms with Gasteiger partial charge in [-0.15, -0.1) is 0 Å². The van der Waals surface area contributed by atoms with E-state index in [0.29, 0.717) is 13.0 Å². The maximum absolute atomic E-state index is 11.5. The van der Waals surface area contributed by atoms with Gasteiger partial charge in [-0.2, -0.15) is 0 Å². The highest BCUT2D eigenvalue weighted by Crippen LogP contribution is 2.19. The summed E-state index contributed by atoms with van der Waals surface area (Å²) in [5.41, 5.74) is 5.28. The average molecular weight is 251 g/mol. The van der Waals surface area contributed by atoms with Crippen LogP contribution in [-0.2, 0) is 19.4 Å². The predicted octanol–water partition coefficient (Wildman–Crippen LogP) is 0.339. The summed E-state index contributed by atoms with van der Waals surface area (Å²) in [4.78, 5) is 11.0. The molecule has 96 valence electrons. The van der Waals surface area contributed by atoms with Crippen LogP contribution in [0.3, 0.4) is 0 Å². The number of sulfone groups is 1. The topological polar surface area (TPSA) is 86.5 Å². The highest BCUT2D eigenvalue weighted by Gasteiger charge is 2.23. The zero-order valence-electron chi connectivity index (χ0n) is 10.2. The molecule has 0 radical (unpaired) electrons. The van der Waals surface area contributed by atoms with Gasteiger partial charge in [-0.05, 0) is 25.3 Å². The highest BCUT2D eigenvalue weighted by molar-refractivity contribution is 7.92. The second-order valence-corrected chi connectivity index (χ2v) is 6.70. The zero-order valence-corrected chi connectivity index (χ0v) is 11.0. The normalized spacial score (nSPS) is 12.5. The van der Waals surface area contributed by atoms with Gasteiger partial charge in [0.15, 0.2) is 9.84 Å². The summed E-state index contributed by atoms with van der Waals surface area (Å²) in [5, 5.41) is 0. The van der Waals surface area contributed by atoms with Crippen molar-refractivity contribution >= 4 is 15.8 Å². The van der Waals surface area contributed by atoms with Gasteiger partial charge in [0, 0.05) is 0 Å². The first kappa shape index (κ1) is 15.4. The van der Waals surface area contributed by atoms with Crippen LogP contribution in [-0.4, -0.2) is 39.0 Å². The quantitative estimate of drug-likeness (QED) is 0.659. The van der Waals surface area contributed by atoms with Crippen molar-refractivity contribution in [3.05, 3.63) is 0 Å². The molecule has 0 unspecified atom stereocenters. The number of hydrogen-bond donors (Lipinski definition) is 1. The van der Waals surface area contributed by atoms with Crippen LogP contribution in [0.15, 0.2) is 0 Å². The Morgan fingerprint density at radius 1 is 1.38 bits per heavy atom. The second kappa shape index (κ2) is 6.20.